The van der Waals surface area contributed by atoms with Crippen LogP contribution in [0.15, 0.2) is 11.6 Å². The highest BCUT2D eigenvalue weighted by Gasteiger charge is 2.55. The van der Waals surface area contributed by atoms with Crippen LogP contribution in [0.3, 0.4) is 0 Å². The van der Waals surface area contributed by atoms with E-state index in [1.54, 1.807) is 4.90 Å². The van der Waals surface area contributed by atoms with E-state index in [0.717, 1.165) is 42.6 Å². The molecule has 0 atom stereocenters. The van der Waals surface area contributed by atoms with Gasteiger partial charge in [-0.1, -0.05) is 11.6 Å². The van der Waals surface area contributed by atoms with Crippen LogP contribution in [0.2, 0.25) is 0 Å². The lowest BCUT2D eigenvalue weighted by Crippen LogP contribution is -2.59. The van der Waals surface area contributed by atoms with E-state index in [1.165, 1.54) is 25.3 Å². The molecule has 1 saturated heterocycles. The number of nitrogens with zero attached hydrogens (tertiary/aromatic N) is 2. The molecule has 0 aromatic heterocycles. The number of hydrogen-bond donors (Lipinski definition) is 1. The van der Waals surface area contributed by atoms with E-state index in [2.05, 4.69) is 5.32 Å². The first kappa shape index (κ1) is 18.8. The molecule has 4 saturated carbocycles. The number of nitrogens with one attached hydrogen (secondary N) is 1. The SMILES string of the molecule is O=C(/C=C/Cl)NCC(=O)N1CCN(C(=O)C23CC4CC(CC(C4)C2)C3)CC1. The first-order chi connectivity index (χ1) is 13.0. The molecule has 0 spiro atoms. The molecule has 0 aromatic rings. The molecule has 0 aromatic carbocycles. The van der Waals surface area contributed by atoms with Crippen LogP contribution < -0.4 is 5.32 Å². The molecule has 4 bridgehead atoms. The highest BCUT2D eigenvalue weighted by molar-refractivity contribution is 6.26. The third-order valence-electron chi connectivity index (χ3n) is 7.04. The Bertz CT molecular complexity index is 620. The van der Waals surface area contributed by atoms with E-state index in [-0.39, 0.29) is 23.8 Å². The largest absolute Gasteiger partial charge is 0.343 e. The van der Waals surface area contributed by atoms with Crippen molar-refractivity contribution in [3.63, 3.8) is 0 Å². The van der Waals surface area contributed by atoms with E-state index >= 15 is 0 Å². The van der Waals surface area contributed by atoms with Crippen molar-refractivity contribution in [2.75, 3.05) is 32.7 Å². The standard InChI is InChI=1S/C20H28ClN3O3/c21-2-1-17(25)22-13-18(26)23-3-5-24(6-4-23)19(27)20-10-14-7-15(11-20)9-16(8-14)12-20/h1-2,14-16H,3-13H2,(H,22,25)/b2-1+. The lowest BCUT2D eigenvalue weighted by atomic mass is 9.49. The zero-order valence-corrected chi connectivity index (χ0v) is 16.4. The minimum absolute atomic E-state index is 0.0387. The number of hydrogen-bond acceptors (Lipinski definition) is 3. The molecule has 7 heteroatoms. The fourth-order valence-electron chi connectivity index (χ4n) is 6.26. The Kier molecular flexibility index (Phi) is 5.19. The summed E-state index contributed by atoms with van der Waals surface area (Å²) in [7, 11) is 0. The van der Waals surface area contributed by atoms with E-state index < -0.39 is 0 Å². The highest BCUT2D eigenvalue weighted by Crippen LogP contribution is 2.60. The van der Waals surface area contributed by atoms with Gasteiger partial charge in [-0.25, -0.2) is 0 Å². The zero-order valence-electron chi connectivity index (χ0n) is 15.7. The molecule has 3 amide bonds. The zero-order chi connectivity index (χ0) is 19.0. The Morgan fingerprint density at radius 1 is 0.926 bits per heavy atom. The summed E-state index contributed by atoms with van der Waals surface area (Å²) >= 11 is 5.34. The summed E-state index contributed by atoms with van der Waals surface area (Å²) in [5.41, 5.74) is 1.01. The van der Waals surface area contributed by atoms with Crippen LogP contribution >= 0.6 is 11.6 Å². The Morgan fingerprint density at radius 3 is 1.96 bits per heavy atom. The summed E-state index contributed by atoms with van der Waals surface area (Å²) < 4.78 is 0. The van der Waals surface area contributed by atoms with E-state index in [4.69, 9.17) is 11.6 Å². The van der Waals surface area contributed by atoms with E-state index in [9.17, 15) is 14.4 Å². The molecule has 1 heterocycles. The van der Waals surface area contributed by atoms with Crippen LogP contribution in [0.4, 0.5) is 0 Å². The third kappa shape index (κ3) is 3.73. The fourth-order valence-corrected chi connectivity index (χ4v) is 6.37. The maximum atomic E-state index is 13.4. The minimum atomic E-state index is -0.381. The van der Waals surface area contributed by atoms with Gasteiger partial charge in [-0.15, -0.1) is 0 Å². The molecular weight excluding hydrogens is 366 g/mol. The van der Waals surface area contributed by atoms with Crippen LogP contribution in [0.5, 0.6) is 0 Å². The summed E-state index contributed by atoms with van der Waals surface area (Å²) in [5, 5.41) is 2.52. The second kappa shape index (κ2) is 7.46. The number of halogens is 1. The average Bonchev–Trinajstić information content (AvgIpc) is 2.65. The van der Waals surface area contributed by atoms with Gasteiger partial charge in [0.1, 0.15) is 0 Å². The van der Waals surface area contributed by atoms with Gasteiger partial charge in [0.25, 0.3) is 0 Å². The molecule has 1 N–H and O–H groups in total. The average molecular weight is 394 g/mol. The molecule has 27 heavy (non-hydrogen) atoms. The molecule has 0 unspecified atom stereocenters. The molecule has 5 aliphatic rings. The van der Waals surface area contributed by atoms with Gasteiger partial charge < -0.3 is 15.1 Å². The van der Waals surface area contributed by atoms with Crippen molar-refractivity contribution in [2.45, 2.75) is 38.5 Å². The van der Waals surface area contributed by atoms with Crippen LogP contribution in [-0.2, 0) is 14.4 Å². The number of carbonyl (C=O) groups excluding carboxylic acids is 3. The molecule has 148 valence electrons. The monoisotopic (exact) mass is 393 g/mol. The summed E-state index contributed by atoms with van der Waals surface area (Å²) in [6.07, 6.45) is 8.42. The van der Waals surface area contributed by atoms with Crippen molar-refractivity contribution in [1.29, 1.82) is 0 Å². The Labute approximate surface area is 165 Å². The molecule has 5 fully saturated rings. The number of piperazine rings is 1. The summed E-state index contributed by atoms with van der Waals surface area (Å²) in [4.78, 5) is 40.7. The predicted molar refractivity (Wildman–Crippen MR) is 102 cm³/mol. The second-order valence-corrected chi connectivity index (χ2v) is 9.13. The van der Waals surface area contributed by atoms with E-state index in [0.29, 0.717) is 32.1 Å². The van der Waals surface area contributed by atoms with Gasteiger partial charge in [0.2, 0.25) is 17.7 Å². The smallest absolute Gasteiger partial charge is 0.245 e. The van der Waals surface area contributed by atoms with Crippen molar-refractivity contribution in [3.8, 4) is 0 Å². The molecule has 1 aliphatic heterocycles. The Morgan fingerprint density at radius 2 is 1.44 bits per heavy atom. The second-order valence-electron chi connectivity index (χ2n) is 8.88. The lowest BCUT2D eigenvalue weighted by molar-refractivity contribution is -0.160. The predicted octanol–water partition coefficient (Wildman–Crippen LogP) is 1.74. The normalized spacial score (nSPS) is 34.9. The van der Waals surface area contributed by atoms with Gasteiger partial charge in [-0.2, -0.15) is 0 Å². The molecule has 6 nitrogen and oxygen atoms in total. The summed E-state index contributed by atoms with van der Waals surface area (Å²) in [6, 6.07) is 0. The van der Waals surface area contributed by atoms with Gasteiger partial charge in [-0.05, 0) is 56.3 Å². The van der Waals surface area contributed by atoms with Gasteiger partial charge in [0, 0.05) is 37.8 Å². The Hall–Kier alpha value is -1.56. The summed E-state index contributed by atoms with van der Waals surface area (Å²) in [5.74, 6) is 2.12. The highest BCUT2D eigenvalue weighted by atomic mass is 35.5. The van der Waals surface area contributed by atoms with Crippen LogP contribution in [0.1, 0.15) is 38.5 Å². The Balaban J connectivity index is 1.30. The van der Waals surface area contributed by atoms with Crippen molar-refractivity contribution in [3.05, 3.63) is 11.6 Å². The van der Waals surface area contributed by atoms with Crippen molar-refractivity contribution >= 4 is 29.3 Å². The molecule has 4 aliphatic carbocycles. The maximum Gasteiger partial charge on any atom is 0.245 e. The van der Waals surface area contributed by atoms with Crippen molar-refractivity contribution < 1.29 is 14.4 Å². The van der Waals surface area contributed by atoms with Crippen LogP contribution in [0.25, 0.3) is 0 Å². The quantitative estimate of drug-likeness (QED) is 0.739. The topological polar surface area (TPSA) is 69.7 Å². The summed E-state index contributed by atoms with van der Waals surface area (Å²) in [6.45, 7) is 2.24. The van der Waals surface area contributed by atoms with Gasteiger partial charge in [0.05, 0.1) is 12.0 Å². The van der Waals surface area contributed by atoms with Crippen molar-refractivity contribution in [1.82, 2.24) is 15.1 Å². The lowest BCUT2D eigenvalue weighted by Gasteiger charge is -2.57. The number of carbonyl (C=O) groups is 3. The fraction of sp³-hybridized carbons (Fsp3) is 0.750. The van der Waals surface area contributed by atoms with Gasteiger partial charge in [0.15, 0.2) is 0 Å². The molecule has 5 rings (SSSR count). The van der Waals surface area contributed by atoms with Crippen molar-refractivity contribution in [2.24, 2.45) is 23.2 Å². The number of amides is 3. The van der Waals surface area contributed by atoms with Crippen LogP contribution in [-0.4, -0.2) is 60.2 Å². The number of rotatable bonds is 4. The van der Waals surface area contributed by atoms with Gasteiger partial charge >= 0.3 is 0 Å². The minimum Gasteiger partial charge on any atom is -0.343 e. The maximum absolute atomic E-state index is 13.4. The third-order valence-corrected chi connectivity index (χ3v) is 7.17. The molecule has 0 radical (unpaired) electrons. The van der Waals surface area contributed by atoms with E-state index in [1.807, 2.05) is 4.90 Å². The molecular formula is C20H28ClN3O3. The van der Waals surface area contributed by atoms with Gasteiger partial charge in [-0.3, -0.25) is 14.4 Å². The first-order valence-corrected chi connectivity index (χ1v) is 10.5. The first-order valence-electron chi connectivity index (χ1n) is 10.1. The van der Waals surface area contributed by atoms with Crippen LogP contribution in [0, 0.1) is 23.2 Å².